The number of piperidine rings is 1. The molecule has 1 aromatic rings. The minimum absolute atomic E-state index is 0.00809. The van der Waals surface area contributed by atoms with E-state index in [4.69, 9.17) is 10.9 Å². The summed E-state index contributed by atoms with van der Waals surface area (Å²) in [6, 6.07) is 9.09. The number of aliphatic hydroxyl groups excluding tert-OH is 1. The third-order valence-corrected chi connectivity index (χ3v) is 5.90. The maximum atomic E-state index is 13.2. The zero-order valence-electron chi connectivity index (χ0n) is 16.4. The number of nitrogens with two attached hydrogens (primary N) is 1. The molecular weight excluding hydrogens is 371 g/mol. The van der Waals surface area contributed by atoms with Crippen LogP contribution in [0.25, 0.3) is 0 Å². The van der Waals surface area contributed by atoms with Crippen molar-refractivity contribution in [2.45, 2.75) is 37.9 Å². The smallest absolute Gasteiger partial charge is 0.191 e. The Morgan fingerprint density at radius 3 is 2.45 bits per heavy atom. The first-order chi connectivity index (χ1) is 14.1. The Morgan fingerprint density at radius 2 is 1.86 bits per heavy atom. The van der Waals surface area contributed by atoms with Crippen molar-refractivity contribution in [3.05, 3.63) is 47.0 Å². The molecule has 3 aliphatic rings. The van der Waals surface area contributed by atoms with Crippen molar-refractivity contribution in [3.8, 4) is 6.07 Å². The van der Waals surface area contributed by atoms with Gasteiger partial charge in [0.1, 0.15) is 23.3 Å². The number of likely N-dealkylation sites (tertiary alicyclic amines) is 1. The molecule has 0 bridgehead atoms. The van der Waals surface area contributed by atoms with Gasteiger partial charge in [-0.2, -0.15) is 5.26 Å². The van der Waals surface area contributed by atoms with Crippen LogP contribution in [-0.2, 0) is 0 Å². The van der Waals surface area contributed by atoms with Gasteiger partial charge >= 0.3 is 0 Å². The Kier molecular flexibility index (Phi) is 5.81. The highest BCUT2D eigenvalue weighted by molar-refractivity contribution is 6.07. The summed E-state index contributed by atoms with van der Waals surface area (Å²) < 4.78 is 13.2. The predicted molar refractivity (Wildman–Crippen MR) is 108 cm³/mol. The molecule has 154 valence electrons. The van der Waals surface area contributed by atoms with E-state index < -0.39 is 6.29 Å². The van der Waals surface area contributed by atoms with Gasteiger partial charge in [0.2, 0.25) is 0 Å². The second-order valence-electron chi connectivity index (χ2n) is 7.87. The number of rotatable bonds is 6. The standard InChI is InChI=1S/C21H27FN6O/c22-17-5-3-14(4-6-17)15-7-10-27(11-8-15)20-18(13-23)19(16-1-2-16)26-21(28(20)24)25-9-12-29/h3-6,15-16,21,25,29H,1-2,7-12,24H2. The van der Waals surface area contributed by atoms with E-state index in [1.54, 1.807) is 0 Å². The maximum Gasteiger partial charge on any atom is 0.191 e. The average Bonchev–Trinajstić information content (AvgIpc) is 3.58. The fourth-order valence-corrected chi connectivity index (χ4v) is 4.21. The number of benzene rings is 1. The number of hydrazine groups is 1. The molecule has 1 atom stereocenters. The van der Waals surface area contributed by atoms with Crippen molar-refractivity contribution >= 4 is 5.71 Å². The molecule has 4 rings (SSSR count). The molecule has 1 saturated heterocycles. The number of nitrogens with zero attached hydrogens (tertiary/aromatic N) is 4. The number of halogens is 1. The lowest BCUT2D eigenvalue weighted by atomic mass is 9.89. The second kappa shape index (κ2) is 8.49. The second-order valence-corrected chi connectivity index (χ2v) is 7.87. The van der Waals surface area contributed by atoms with Gasteiger partial charge in [-0.25, -0.2) is 15.2 Å². The van der Waals surface area contributed by atoms with Crippen molar-refractivity contribution in [3.63, 3.8) is 0 Å². The van der Waals surface area contributed by atoms with Crippen LogP contribution in [0.1, 0.15) is 37.2 Å². The van der Waals surface area contributed by atoms with Crippen LogP contribution in [0.3, 0.4) is 0 Å². The van der Waals surface area contributed by atoms with Gasteiger partial charge in [-0.1, -0.05) is 12.1 Å². The Hall–Kier alpha value is -2.47. The van der Waals surface area contributed by atoms with Crippen LogP contribution >= 0.6 is 0 Å². The van der Waals surface area contributed by atoms with Crippen molar-refractivity contribution in [2.75, 3.05) is 26.2 Å². The van der Waals surface area contributed by atoms with Crippen LogP contribution in [0.5, 0.6) is 0 Å². The number of hydrogen-bond acceptors (Lipinski definition) is 7. The molecule has 7 nitrogen and oxygen atoms in total. The summed E-state index contributed by atoms with van der Waals surface area (Å²) in [7, 11) is 0. The monoisotopic (exact) mass is 398 g/mol. The normalized spacial score (nSPS) is 23.2. The first kappa shape index (κ1) is 19.8. The highest BCUT2D eigenvalue weighted by atomic mass is 19.1. The summed E-state index contributed by atoms with van der Waals surface area (Å²) >= 11 is 0. The summed E-state index contributed by atoms with van der Waals surface area (Å²) in [6.45, 7) is 1.90. The molecule has 1 unspecified atom stereocenters. The lowest BCUT2D eigenvalue weighted by Gasteiger charge is -2.42. The van der Waals surface area contributed by atoms with Crippen molar-refractivity contribution in [2.24, 2.45) is 16.8 Å². The molecule has 8 heteroatoms. The van der Waals surface area contributed by atoms with Crippen molar-refractivity contribution < 1.29 is 9.50 Å². The van der Waals surface area contributed by atoms with E-state index in [-0.39, 0.29) is 12.4 Å². The van der Waals surface area contributed by atoms with E-state index in [9.17, 15) is 9.65 Å². The molecule has 1 aliphatic carbocycles. The maximum absolute atomic E-state index is 13.2. The van der Waals surface area contributed by atoms with Crippen molar-refractivity contribution in [1.82, 2.24) is 15.2 Å². The van der Waals surface area contributed by atoms with Gasteiger partial charge in [-0.15, -0.1) is 0 Å². The van der Waals surface area contributed by atoms with Gasteiger partial charge in [0.05, 0.1) is 12.3 Å². The minimum atomic E-state index is -0.486. The molecule has 2 heterocycles. The van der Waals surface area contributed by atoms with Crippen LogP contribution in [-0.4, -0.2) is 53.3 Å². The molecule has 1 saturated carbocycles. The number of aliphatic imine (C=N–C) groups is 1. The molecule has 0 aromatic heterocycles. The topological polar surface area (TPSA) is 101 Å². The zero-order chi connectivity index (χ0) is 20.4. The van der Waals surface area contributed by atoms with E-state index >= 15 is 0 Å². The molecule has 1 aromatic carbocycles. The van der Waals surface area contributed by atoms with Crippen molar-refractivity contribution in [1.29, 1.82) is 5.26 Å². The molecule has 0 amide bonds. The highest BCUT2D eigenvalue weighted by Crippen LogP contribution is 2.38. The Morgan fingerprint density at radius 1 is 1.17 bits per heavy atom. The largest absolute Gasteiger partial charge is 0.395 e. The molecule has 2 fully saturated rings. The lowest BCUT2D eigenvalue weighted by molar-refractivity contribution is 0.121. The van der Waals surface area contributed by atoms with E-state index in [1.165, 1.54) is 17.1 Å². The zero-order valence-corrected chi connectivity index (χ0v) is 16.4. The summed E-state index contributed by atoms with van der Waals surface area (Å²) in [5, 5.41) is 23.7. The molecule has 2 aliphatic heterocycles. The van der Waals surface area contributed by atoms with Crippen LogP contribution in [0, 0.1) is 23.1 Å². The van der Waals surface area contributed by atoms with Crippen LogP contribution in [0.2, 0.25) is 0 Å². The fourth-order valence-electron chi connectivity index (χ4n) is 4.21. The first-order valence-electron chi connectivity index (χ1n) is 10.2. The molecule has 0 spiro atoms. The van der Waals surface area contributed by atoms with E-state index in [2.05, 4.69) is 21.3 Å². The van der Waals surface area contributed by atoms with Crippen LogP contribution in [0.4, 0.5) is 4.39 Å². The number of hydrogen-bond donors (Lipinski definition) is 3. The molecule has 4 N–H and O–H groups in total. The van der Waals surface area contributed by atoms with Crippen LogP contribution in [0.15, 0.2) is 40.7 Å². The Labute approximate surface area is 170 Å². The predicted octanol–water partition coefficient (Wildman–Crippen LogP) is 1.65. The quantitative estimate of drug-likeness (QED) is 0.630. The lowest BCUT2D eigenvalue weighted by Crippen LogP contribution is -2.56. The Balaban J connectivity index is 1.54. The fraction of sp³-hybridized carbons (Fsp3) is 0.524. The van der Waals surface area contributed by atoms with Crippen LogP contribution < -0.4 is 11.2 Å². The number of nitrogens with one attached hydrogen (secondary N) is 1. The van der Waals surface area contributed by atoms with Gasteiger partial charge in [0, 0.05) is 25.6 Å². The van der Waals surface area contributed by atoms with E-state index in [1.807, 2.05) is 12.1 Å². The van der Waals surface area contributed by atoms with Gasteiger partial charge in [-0.05, 0) is 49.3 Å². The summed E-state index contributed by atoms with van der Waals surface area (Å²) in [4.78, 5) is 6.85. The van der Waals surface area contributed by atoms with E-state index in [0.29, 0.717) is 24.0 Å². The van der Waals surface area contributed by atoms with Gasteiger partial charge in [0.25, 0.3) is 0 Å². The summed E-state index contributed by atoms with van der Waals surface area (Å²) in [5.41, 5.74) is 2.55. The Bertz CT molecular complexity index is 834. The SMILES string of the molecule is N#CC1=C(N2CCC(c3ccc(F)cc3)CC2)N(N)C(NCCO)N=C1C1CC1. The summed E-state index contributed by atoms with van der Waals surface area (Å²) in [6.07, 6.45) is 3.42. The average molecular weight is 398 g/mol. The minimum Gasteiger partial charge on any atom is -0.395 e. The first-order valence-corrected chi connectivity index (χ1v) is 10.2. The molecular formula is C21H27FN6O. The number of aliphatic hydroxyl groups is 1. The van der Waals surface area contributed by atoms with Gasteiger partial charge in [0.15, 0.2) is 6.29 Å². The highest BCUT2D eigenvalue weighted by Gasteiger charge is 2.39. The molecule has 29 heavy (non-hydrogen) atoms. The third-order valence-electron chi connectivity index (χ3n) is 5.90. The van der Waals surface area contributed by atoms with E-state index in [0.717, 1.165) is 55.9 Å². The van der Waals surface area contributed by atoms with Gasteiger partial charge < -0.3 is 10.0 Å². The summed E-state index contributed by atoms with van der Waals surface area (Å²) in [5.74, 6) is 7.59. The van der Waals surface area contributed by atoms with Gasteiger partial charge in [-0.3, -0.25) is 10.3 Å². The molecule has 0 radical (unpaired) electrons. The number of allylic oxidation sites excluding steroid dienone is 1. The number of nitriles is 1. The third kappa shape index (κ3) is 4.13.